The number of pyridine rings is 1. The van der Waals surface area contributed by atoms with Crippen molar-refractivity contribution in [2.24, 2.45) is 5.73 Å². The smallest absolute Gasteiger partial charge is 0.250 e. The van der Waals surface area contributed by atoms with Crippen molar-refractivity contribution in [3.8, 4) is 11.6 Å². The molecule has 2 N–H and O–H groups in total. The molecule has 30 heavy (non-hydrogen) atoms. The molecule has 0 aliphatic heterocycles. The molecule has 5 heteroatoms. The van der Waals surface area contributed by atoms with Crippen molar-refractivity contribution < 1.29 is 9.53 Å². The molecule has 1 aromatic heterocycles. The summed E-state index contributed by atoms with van der Waals surface area (Å²) in [6.07, 6.45) is 4.82. The highest BCUT2D eigenvalue weighted by atomic mass is 16.5. The van der Waals surface area contributed by atoms with E-state index >= 15 is 0 Å². The lowest BCUT2D eigenvalue weighted by molar-refractivity contribution is 0.1000. The number of benzene rings is 2. The van der Waals surface area contributed by atoms with E-state index in [0.717, 1.165) is 26.1 Å². The highest BCUT2D eigenvalue weighted by molar-refractivity contribution is 5.92. The van der Waals surface area contributed by atoms with Crippen molar-refractivity contribution in [2.45, 2.75) is 32.7 Å². The fourth-order valence-corrected chi connectivity index (χ4v) is 3.21. The Morgan fingerprint density at radius 2 is 1.73 bits per heavy atom. The number of primary amides is 1. The van der Waals surface area contributed by atoms with Gasteiger partial charge in [-0.1, -0.05) is 55.8 Å². The molecule has 0 aliphatic rings. The van der Waals surface area contributed by atoms with Crippen LogP contribution >= 0.6 is 0 Å². The van der Waals surface area contributed by atoms with Crippen molar-refractivity contribution in [1.29, 1.82) is 0 Å². The van der Waals surface area contributed by atoms with Crippen LogP contribution in [0, 0.1) is 0 Å². The van der Waals surface area contributed by atoms with Crippen LogP contribution in [-0.2, 0) is 13.0 Å². The van der Waals surface area contributed by atoms with Gasteiger partial charge >= 0.3 is 0 Å². The van der Waals surface area contributed by atoms with E-state index in [9.17, 15) is 4.79 Å². The average molecular weight is 404 g/mol. The molecule has 0 saturated heterocycles. The molecule has 0 fully saturated rings. The number of nitrogens with two attached hydrogens (primary N) is 1. The normalized spacial score (nSPS) is 10.9. The lowest BCUT2D eigenvalue weighted by atomic mass is 10.1. The lowest BCUT2D eigenvalue weighted by Gasteiger charge is -2.22. The van der Waals surface area contributed by atoms with Crippen LogP contribution in [0.5, 0.6) is 11.6 Å². The second-order valence-corrected chi connectivity index (χ2v) is 7.36. The zero-order chi connectivity index (χ0) is 21.2. The molecule has 1 heterocycles. The van der Waals surface area contributed by atoms with E-state index in [4.69, 9.17) is 10.5 Å². The number of carbonyl (C=O) groups is 1. The highest BCUT2D eigenvalue weighted by Crippen LogP contribution is 2.20. The third kappa shape index (κ3) is 6.71. The second kappa shape index (κ2) is 11.1. The van der Waals surface area contributed by atoms with Crippen molar-refractivity contribution in [3.63, 3.8) is 0 Å². The van der Waals surface area contributed by atoms with Crippen LogP contribution in [0.1, 0.15) is 41.3 Å². The minimum Gasteiger partial charge on any atom is -0.439 e. The van der Waals surface area contributed by atoms with Gasteiger partial charge in [0.2, 0.25) is 11.8 Å². The van der Waals surface area contributed by atoms with E-state index in [-0.39, 0.29) is 0 Å². The van der Waals surface area contributed by atoms with E-state index in [1.165, 1.54) is 30.2 Å². The molecule has 156 valence electrons. The summed E-state index contributed by atoms with van der Waals surface area (Å²) in [5.41, 5.74) is 8.22. The third-order valence-electron chi connectivity index (χ3n) is 4.96. The Morgan fingerprint density at radius 1 is 0.967 bits per heavy atom. The van der Waals surface area contributed by atoms with Gasteiger partial charge in [-0.2, -0.15) is 0 Å². The molecule has 0 aliphatic carbocycles. The molecule has 0 saturated carbocycles. The van der Waals surface area contributed by atoms with Crippen LogP contribution in [0.2, 0.25) is 0 Å². The van der Waals surface area contributed by atoms with E-state index in [0.29, 0.717) is 17.2 Å². The van der Waals surface area contributed by atoms with Crippen molar-refractivity contribution in [2.75, 3.05) is 13.1 Å². The Labute approximate surface area is 178 Å². The monoisotopic (exact) mass is 403 g/mol. The number of carbonyl (C=O) groups excluding carboxylic acids is 1. The number of hydrogen-bond donors (Lipinski definition) is 1. The third-order valence-corrected chi connectivity index (χ3v) is 4.96. The standard InChI is InChI=1S/C25H29N3O2/c1-2-3-16-28(19-21-7-5-4-6-8-21)17-15-20-9-12-23(13-10-20)30-24-14-11-22(18-27-24)25(26)29/h4-14,18H,2-3,15-17,19H2,1H3,(H2,26,29). The Morgan fingerprint density at radius 3 is 2.37 bits per heavy atom. The van der Waals surface area contributed by atoms with Crippen LogP contribution in [0.3, 0.4) is 0 Å². The van der Waals surface area contributed by atoms with Crippen LogP contribution in [-0.4, -0.2) is 28.9 Å². The van der Waals surface area contributed by atoms with E-state index in [1.54, 1.807) is 12.1 Å². The molecule has 5 nitrogen and oxygen atoms in total. The van der Waals surface area contributed by atoms with Gasteiger partial charge in [-0.25, -0.2) is 4.98 Å². The van der Waals surface area contributed by atoms with Gasteiger partial charge < -0.3 is 10.5 Å². The summed E-state index contributed by atoms with van der Waals surface area (Å²) in [7, 11) is 0. The summed E-state index contributed by atoms with van der Waals surface area (Å²) < 4.78 is 5.75. The molecule has 3 aromatic rings. The number of hydrogen-bond acceptors (Lipinski definition) is 4. The SMILES string of the molecule is CCCCN(CCc1ccc(Oc2ccc(C(N)=O)cn2)cc1)Cc1ccccc1. The maximum absolute atomic E-state index is 11.1. The van der Waals surface area contributed by atoms with Gasteiger partial charge in [-0.3, -0.25) is 9.69 Å². The molecule has 1 amide bonds. The number of amides is 1. The van der Waals surface area contributed by atoms with Crippen LogP contribution in [0.25, 0.3) is 0 Å². The Hall–Kier alpha value is -3.18. The summed E-state index contributed by atoms with van der Waals surface area (Å²) in [5.74, 6) is 0.644. The Kier molecular flexibility index (Phi) is 7.98. The van der Waals surface area contributed by atoms with Gasteiger partial charge in [0, 0.05) is 25.4 Å². The molecule has 0 radical (unpaired) electrons. The van der Waals surface area contributed by atoms with Crippen LogP contribution in [0.15, 0.2) is 72.9 Å². The molecule has 0 spiro atoms. The predicted octanol–water partition coefficient (Wildman–Crippen LogP) is 4.82. The Bertz CT molecular complexity index is 909. The van der Waals surface area contributed by atoms with E-state index in [1.807, 2.05) is 12.1 Å². The van der Waals surface area contributed by atoms with Gasteiger partial charge in [0.05, 0.1) is 5.56 Å². The van der Waals surface area contributed by atoms with Gasteiger partial charge in [0.1, 0.15) is 5.75 Å². The topological polar surface area (TPSA) is 68.5 Å². The number of ether oxygens (including phenoxy) is 1. The maximum atomic E-state index is 11.1. The highest BCUT2D eigenvalue weighted by Gasteiger charge is 2.07. The zero-order valence-corrected chi connectivity index (χ0v) is 17.5. The molecule has 0 bridgehead atoms. The number of unbranched alkanes of at least 4 members (excludes halogenated alkanes) is 1. The first kappa shape index (κ1) is 21.5. The van der Waals surface area contributed by atoms with Crippen LogP contribution in [0.4, 0.5) is 0 Å². The lowest BCUT2D eigenvalue weighted by Crippen LogP contribution is -2.26. The molecule has 3 rings (SSSR count). The quantitative estimate of drug-likeness (QED) is 0.498. The van der Waals surface area contributed by atoms with E-state index < -0.39 is 5.91 Å². The minimum atomic E-state index is -0.501. The van der Waals surface area contributed by atoms with Gasteiger partial charge in [0.25, 0.3) is 0 Å². The van der Waals surface area contributed by atoms with Crippen molar-refractivity contribution in [1.82, 2.24) is 9.88 Å². The summed E-state index contributed by atoms with van der Waals surface area (Å²) >= 11 is 0. The van der Waals surface area contributed by atoms with Gasteiger partial charge in [-0.15, -0.1) is 0 Å². The maximum Gasteiger partial charge on any atom is 0.250 e. The van der Waals surface area contributed by atoms with Crippen LogP contribution < -0.4 is 10.5 Å². The summed E-state index contributed by atoms with van der Waals surface area (Å²) in [6.45, 7) is 5.34. The van der Waals surface area contributed by atoms with Crippen molar-refractivity contribution in [3.05, 3.63) is 89.6 Å². The van der Waals surface area contributed by atoms with Gasteiger partial charge in [-0.05, 0) is 48.7 Å². The number of nitrogens with zero attached hydrogens (tertiary/aromatic N) is 2. The van der Waals surface area contributed by atoms with Gasteiger partial charge in [0.15, 0.2) is 0 Å². The second-order valence-electron chi connectivity index (χ2n) is 7.36. The summed E-state index contributed by atoms with van der Waals surface area (Å²) in [4.78, 5) is 17.8. The fourth-order valence-electron chi connectivity index (χ4n) is 3.21. The molecule has 0 atom stereocenters. The summed E-state index contributed by atoms with van der Waals surface area (Å²) in [6, 6.07) is 22.0. The largest absolute Gasteiger partial charge is 0.439 e. The molecular weight excluding hydrogens is 374 g/mol. The first-order chi connectivity index (χ1) is 14.6. The summed E-state index contributed by atoms with van der Waals surface area (Å²) in [5, 5.41) is 0. The fraction of sp³-hybridized carbons (Fsp3) is 0.280. The predicted molar refractivity (Wildman–Crippen MR) is 120 cm³/mol. The average Bonchev–Trinajstić information content (AvgIpc) is 2.77. The van der Waals surface area contributed by atoms with Crippen molar-refractivity contribution >= 4 is 5.91 Å². The first-order valence-corrected chi connectivity index (χ1v) is 10.4. The first-order valence-electron chi connectivity index (χ1n) is 10.4. The number of aromatic nitrogens is 1. The van der Waals surface area contributed by atoms with E-state index in [2.05, 4.69) is 59.3 Å². The molecule has 0 unspecified atom stereocenters. The molecular formula is C25H29N3O2. The Balaban J connectivity index is 1.54. The number of rotatable bonds is 11. The minimum absolute atomic E-state index is 0.362. The zero-order valence-electron chi connectivity index (χ0n) is 17.5. The molecule has 2 aromatic carbocycles.